The standard InChI is InChI=1S/C19H25N3OS2/c1-14-21-16(12-24-14)13-25-18-6-4-3-5-17(18)19(23)22-9-7-15(8-10-22)11-20-2/h3-6,12,15,20H,7-11,13H2,1-2H3. The third-order valence-electron chi connectivity index (χ3n) is 4.55. The highest BCUT2D eigenvalue weighted by atomic mass is 32.2. The summed E-state index contributed by atoms with van der Waals surface area (Å²) in [4.78, 5) is 20.6. The topological polar surface area (TPSA) is 45.2 Å². The molecule has 0 unspecified atom stereocenters. The number of carbonyl (C=O) groups is 1. The Balaban J connectivity index is 1.64. The first-order valence-electron chi connectivity index (χ1n) is 8.74. The summed E-state index contributed by atoms with van der Waals surface area (Å²) in [6, 6.07) is 7.96. The summed E-state index contributed by atoms with van der Waals surface area (Å²) in [6.45, 7) is 4.78. The fourth-order valence-electron chi connectivity index (χ4n) is 3.19. The minimum absolute atomic E-state index is 0.167. The third kappa shape index (κ3) is 4.84. The molecule has 1 aliphatic rings. The summed E-state index contributed by atoms with van der Waals surface area (Å²) in [7, 11) is 1.99. The quantitative estimate of drug-likeness (QED) is 0.780. The van der Waals surface area contributed by atoms with Crippen LogP contribution in [0.25, 0.3) is 0 Å². The minimum Gasteiger partial charge on any atom is -0.339 e. The average Bonchev–Trinajstić information content (AvgIpc) is 3.06. The lowest BCUT2D eigenvalue weighted by atomic mass is 9.96. The summed E-state index contributed by atoms with van der Waals surface area (Å²) >= 11 is 3.37. The van der Waals surface area contributed by atoms with Crippen molar-refractivity contribution in [2.24, 2.45) is 5.92 Å². The molecule has 2 heterocycles. The molecule has 0 atom stereocenters. The largest absolute Gasteiger partial charge is 0.339 e. The highest BCUT2D eigenvalue weighted by Gasteiger charge is 2.24. The summed E-state index contributed by atoms with van der Waals surface area (Å²) in [5.41, 5.74) is 1.91. The van der Waals surface area contributed by atoms with Crippen molar-refractivity contribution >= 4 is 29.0 Å². The van der Waals surface area contributed by atoms with Gasteiger partial charge in [0.05, 0.1) is 16.3 Å². The third-order valence-corrected chi connectivity index (χ3v) is 6.48. The van der Waals surface area contributed by atoms with Gasteiger partial charge in [-0.3, -0.25) is 4.79 Å². The van der Waals surface area contributed by atoms with Crippen LogP contribution in [0.5, 0.6) is 0 Å². The van der Waals surface area contributed by atoms with Gasteiger partial charge in [-0.05, 0) is 51.4 Å². The van der Waals surface area contributed by atoms with E-state index >= 15 is 0 Å². The van der Waals surface area contributed by atoms with E-state index in [1.807, 2.05) is 43.1 Å². The molecule has 1 saturated heterocycles. The van der Waals surface area contributed by atoms with Gasteiger partial charge in [0.25, 0.3) is 5.91 Å². The predicted molar refractivity (Wildman–Crippen MR) is 105 cm³/mol. The Kier molecular flexibility index (Phi) is 6.51. The maximum atomic E-state index is 13.0. The van der Waals surface area contributed by atoms with Crippen LogP contribution in [0, 0.1) is 12.8 Å². The van der Waals surface area contributed by atoms with E-state index < -0.39 is 0 Å². The number of hydrogen-bond donors (Lipinski definition) is 1. The molecule has 0 spiro atoms. The predicted octanol–water partition coefficient (Wildman–Crippen LogP) is 3.82. The number of carbonyl (C=O) groups excluding carboxylic acids is 1. The molecule has 1 aromatic carbocycles. The number of thioether (sulfide) groups is 1. The van der Waals surface area contributed by atoms with Crippen LogP contribution >= 0.6 is 23.1 Å². The number of piperidine rings is 1. The summed E-state index contributed by atoms with van der Waals surface area (Å²) in [6.07, 6.45) is 2.17. The second kappa shape index (κ2) is 8.83. The van der Waals surface area contributed by atoms with E-state index in [0.717, 1.165) is 59.4 Å². The van der Waals surface area contributed by atoms with Gasteiger partial charge >= 0.3 is 0 Å². The number of nitrogens with one attached hydrogen (secondary N) is 1. The van der Waals surface area contributed by atoms with Crippen molar-refractivity contribution in [3.63, 3.8) is 0 Å². The fraction of sp³-hybridized carbons (Fsp3) is 0.474. The van der Waals surface area contributed by atoms with Gasteiger partial charge in [-0.2, -0.15) is 0 Å². The molecule has 1 N–H and O–H groups in total. The number of nitrogens with zero attached hydrogens (tertiary/aromatic N) is 2. The number of rotatable bonds is 6. The van der Waals surface area contributed by atoms with Crippen LogP contribution < -0.4 is 5.32 Å². The van der Waals surface area contributed by atoms with Crippen molar-refractivity contribution in [2.75, 3.05) is 26.7 Å². The lowest BCUT2D eigenvalue weighted by Gasteiger charge is -2.32. The molecule has 0 aliphatic carbocycles. The summed E-state index contributed by atoms with van der Waals surface area (Å²) < 4.78 is 0. The molecular formula is C19H25N3OS2. The van der Waals surface area contributed by atoms with Gasteiger partial charge in [-0.15, -0.1) is 23.1 Å². The molecular weight excluding hydrogens is 350 g/mol. The monoisotopic (exact) mass is 375 g/mol. The maximum Gasteiger partial charge on any atom is 0.254 e. The van der Waals surface area contributed by atoms with Gasteiger partial charge in [0.1, 0.15) is 0 Å². The van der Waals surface area contributed by atoms with Gasteiger partial charge in [-0.1, -0.05) is 12.1 Å². The van der Waals surface area contributed by atoms with Crippen molar-refractivity contribution in [2.45, 2.75) is 30.4 Å². The van der Waals surface area contributed by atoms with E-state index in [4.69, 9.17) is 0 Å². The summed E-state index contributed by atoms with van der Waals surface area (Å²) in [5, 5.41) is 6.43. The van der Waals surface area contributed by atoms with E-state index in [2.05, 4.69) is 15.7 Å². The summed E-state index contributed by atoms with van der Waals surface area (Å²) in [5.74, 6) is 1.66. The molecule has 4 nitrogen and oxygen atoms in total. The average molecular weight is 376 g/mol. The van der Waals surface area contributed by atoms with E-state index in [0.29, 0.717) is 5.92 Å². The molecule has 2 aromatic rings. The Labute approximate surface area is 158 Å². The number of thiazole rings is 1. The molecule has 1 fully saturated rings. The second-order valence-corrected chi connectivity index (χ2v) is 8.52. The van der Waals surface area contributed by atoms with Gasteiger partial charge < -0.3 is 10.2 Å². The smallest absolute Gasteiger partial charge is 0.254 e. The van der Waals surface area contributed by atoms with Crippen LogP contribution in [0.2, 0.25) is 0 Å². The second-order valence-electron chi connectivity index (χ2n) is 6.44. The Morgan fingerprint density at radius 2 is 2.12 bits per heavy atom. The van der Waals surface area contributed by atoms with Crippen molar-refractivity contribution in [1.82, 2.24) is 15.2 Å². The first-order valence-corrected chi connectivity index (χ1v) is 10.6. The first kappa shape index (κ1) is 18.4. The normalized spacial score (nSPS) is 15.5. The number of amides is 1. The molecule has 0 radical (unpaired) electrons. The van der Waals surface area contributed by atoms with Crippen LogP contribution in [-0.4, -0.2) is 42.5 Å². The van der Waals surface area contributed by atoms with E-state index in [1.165, 1.54) is 0 Å². The molecule has 0 saturated carbocycles. The number of aromatic nitrogens is 1. The maximum absolute atomic E-state index is 13.0. The van der Waals surface area contributed by atoms with Gasteiger partial charge in [0.2, 0.25) is 0 Å². The van der Waals surface area contributed by atoms with Crippen LogP contribution in [0.4, 0.5) is 0 Å². The van der Waals surface area contributed by atoms with Gasteiger partial charge in [0.15, 0.2) is 0 Å². The Morgan fingerprint density at radius 1 is 1.36 bits per heavy atom. The lowest BCUT2D eigenvalue weighted by Crippen LogP contribution is -2.40. The highest BCUT2D eigenvalue weighted by Crippen LogP contribution is 2.28. The molecule has 1 aliphatic heterocycles. The van der Waals surface area contributed by atoms with Gasteiger partial charge in [0, 0.05) is 29.1 Å². The van der Waals surface area contributed by atoms with Crippen LogP contribution in [-0.2, 0) is 5.75 Å². The SMILES string of the molecule is CNCC1CCN(C(=O)c2ccccc2SCc2csc(C)n2)CC1. The fourth-order valence-corrected chi connectivity index (χ4v) is 4.85. The number of hydrogen-bond acceptors (Lipinski definition) is 5. The van der Waals surface area contributed by atoms with Crippen LogP contribution in [0.3, 0.4) is 0 Å². The van der Waals surface area contributed by atoms with Crippen molar-refractivity contribution in [3.05, 3.63) is 45.9 Å². The molecule has 6 heteroatoms. The molecule has 134 valence electrons. The molecule has 3 rings (SSSR count). The van der Waals surface area contributed by atoms with E-state index in [1.54, 1.807) is 23.1 Å². The van der Waals surface area contributed by atoms with Crippen LogP contribution in [0.15, 0.2) is 34.5 Å². The highest BCUT2D eigenvalue weighted by molar-refractivity contribution is 7.98. The molecule has 1 amide bonds. The number of likely N-dealkylation sites (tertiary alicyclic amines) is 1. The number of benzene rings is 1. The first-order chi connectivity index (χ1) is 12.2. The molecule has 0 bridgehead atoms. The van der Waals surface area contributed by atoms with E-state index in [9.17, 15) is 4.79 Å². The molecule has 25 heavy (non-hydrogen) atoms. The number of aryl methyl sites for hydroxylation is 1. The molecule has 1 aromatic heterocycles. The lowest BCUT2D eigenvalue weighted by molar-refractivity contribution is 0.0687. The van der Waals surface area contributed by atoms with Crippen LogP contribution in [0.1, 0.15) is 33.9 Å². The zero-order valence-electron chi connectivity index (χ0n) is 14.8. The zero-order valence-corrected chi connectivity index (χ0v) is 16.5. The van der Waals surface area contributed by atoms with E-state index in [-0.39, 0.29) is 5.91 Å². The van der Waals surface area contributed by atoms with Gasteiger partial charge in [-0.25, -0.2) is 4.98 Å². The van der Waals surface area contributed by atoms with Crippen molar-refractivity contribution in [1.29, 1.82) is 0 Å². The Hall–Kier alpha value is -1.37. The Bertz CT molecular complexity index is 708. The Morgan fingerprint density at radius 3 is 2.80 bits per heavy atom. The zero-order chi connectivity index (χ0) is 17.6. The van der Waals surface area contributed by atoms with Crippen molar-refractivity contribution in [3.8, 4) is 0 Å². The minimum atomic E-state index is 0.167. The van der Waals surface area contributed by atoms with Crippen molar-refractivity contribution < 1.29 is 4.79 Å².